The van der Waals surface area contributed by atoms with E-state index >= 15 is 0 Å². The van der Waals surface area contributed by atoms with Gasteiger partial charge in [-0.05, 0) is 19.8 Å². The third-order valence-corrected chi connectivity index (χ3v) is 2.38. The minimum absolute atomic E-state index is 0.615. The standard InChI is InChI=1S/C9H14N4/c1-6-11-7-4-3-5-13(2)8(7)9(10)12-6/h3-5H2,1-2H3,(H2,10,11,12). The highest BCUT2D eigenvalue weighted by molar-refractivity contribution is 5.67. The minimum atomic E-state index is 0.615. The van der Waals surface area contributed by atoms with E-state index < -0.39 is 0 Å². The maximum Gasteiger partial charge on any atom is 0.151 e. The number of hydrogen-bond donors (Lipinski definition) is 1. The van der Waals surface area contributed by atoms with Crippen molar-refractivity contribution in [2.45, 2.75) is 19.8 Å². The molecule has 0 amide bonds. The number of anilines is 2. The van der Waals surface area contributed by atoms with Gasteiger partial charge in [0.1, 0.15) is 11.5 Å². The summed E-state index contributed by atoms with van der Waals surface area (Å²) >= 11 is 0. The normalized spacial score (nSPS) is 15.7. The first-order chi connectivity index (χ1) is 6.18. The van der Waals surface area contributed by atoms with E-state index in [2.05, 4.69) is 14.9 Å². The molecule has 0 bridgehead atoms. The Bertz CT molecular complexity index is 335. The fourth-order valence-corrected chi connectivity index (χ4v) is 1.83. The number of aryl methyl sites for hydroxylation is 2. The van der Waals surface area contributed by atoms with Gasteiger partial charge in [-0.25, -0.2) is 9.97 Å². The Hall–Kier alpha value is -1.32. The fraction of sp³-hybridized carbons (Fsp3) is 0.556. The van der Waals surface area contributed by atoms with E-state index in [4.69, 9.17) is 5.73 Å². The zero-order valence-electron chi connectivity index (χ0n) is 8.04. The van der Waals surface area contributed by atoms with Gasteiger partial charge in [-0.1, -0.05) is 0 Å². The minimum Gasteiger partial charge on any atom is -0.382 e. The lowest BCUT2D eigenvalue weighted by atomic mass is 10.1. The first-order valence-electron chi connectivity index (χ1n) is 4.52. The molecule has 70 valence electrons. The van der Waals surface area contributed by atoms with Crippen LogP contribution in [0.4, 0.5) is 11.5 Å². The fourth-order valence-electron chi connectivity index (χ4n) is 1.83. The lowest BCUT2D eigenvalue weighted by Gasteiger charge is -2.27. The van der Waals surface area contributed by atoms with Crippen molar-refractivity contribution in [2.24, 2.45) is 0 Å². The molecule has 0 aliphatic carbocycles. The summed E-state index contributed by atoms with van der Waals surface area (Å²) in [5, 5.41) is 0. The van der Waals surface area contributed by atoms with Crippen molar-refractivity contribution in [3.63, 3.8) is 0 Å². The first kappa shape index (κ1) is 8.29. The molecule has 4 heteroatoms. The molecule has 2 rings (SSSR count). The number of fused-ring (bicyclic) bond motifs is 1. The van der Waals surface area contributed by atoms with Crippen LogP contribution in [0.25, 0.3) is 0 Å². The van der Waals surface area contributed by atoms with Crippen LogP contribution < -0.4 is 10.6 Å². The van der Waals surface area contributed by atoms with E-state index in [0.29, 0.717) is 5.82 Å². The number of rotatable bonds is 0. The molecular formula is C9H14N4. The van der Waals surface area contributed by atoms with Gasteiger partial charge < -0.3 is 10.6 Å². The van der Waals surface area contributed by atoms with Gasteiger partial charge >= 0.3 is 0 Å². The molecule has 0 aromatic carbocycles. The largest absolute Gasteiger partial charge is 0.382 e. The smallest absolute Gasteiger partial charge is 0.151 e. The Labute approximate surface area is 77.8 Å². The Kier molecular flexibility index (Phi) is 1.83. The van der Waals surface area contributed by atoms with Crippen molar-refractivity contribution in [1.82, 2.24) is 9.97 Å². The second-order valence-electron chi connectivity index (χ2n) is 3.48. The zero-order chi connectivity index (χ0) is 9.42. The van der Waals surface area contributed by atoms with Gasteiger partial charge in [0.25, 0.3) is 0 Å². The monoisotopic (exact) mass is 178 g/mol. The average molecular weight is 178 g/mol. The van der Waals surface area contributed by atoms with E-state index in [-0.39, 0.29) is 0 Å². The number of nitrogen functional groups attached to an aromatic ring is 1. The highest BCUT2D eigenvalue weighted by Crippen LogP contribution is 2.28. The van der Waals surface area contributed by atoms with Crippen molar-refractivity contribution in [3.8, 4) is 0 Å². The van der Waals surface area contributed by atoms with Crippen molar-refractivity contribution >= 4 is 11.5 Å². The third kappa shape index (κ3) is 1.32. The first-order valence-corrected chi connectivity index (χ1v) is 4.52. The zero-order valence-corrected chi connectivity index (χ0v) is 8.04. The summed E-state index contributed by atoms with van der Waals surface area (Å²) in [6.45, 7) is 2.93. The van der Waals surface area contributed by atoms with Crippen LogP contribution >= 0.6 is 0 Å². The molecule has 4 nitrogen and oxygen atoms in total. The molecule has 1 aliphatic heterocycles. The molecule has 2 N–H and O–H groups in total. The van der Waals surface area contributed by atoms with Gasteiger partial charge in [-0.15, -0.1) is 0 Å². The molecule has 0 saturated heterocycles. The van der Waals surface area contributed by atoms with Crippen LogP contribution in [-0.2, 0) is 6.42 Å². The summed E-state index contributed by atoms with van der Waals surface area (Å²) < 4.78 is 0. The maximum absolute atomic E-state index is 5.84. The Morgan fingerprint density at radius 3 is 2.92 bits per heavy atom. The van der Waals surface area contributed by atoms with Crippen molar-refractivity contribution in [1.29, 1.82) is 0 Å². The average Bonchev–Trinajstić information content (AvgIpc) is 2.02. The van der Waals surface area contributed by atoms with E-state index in [1.54, 1.807) is 0 Å². The molecule has 0 saturated carbocycles. The lowest BCUT2D eigenvalue weighted by Crippen LogP contribution is -2.27. The predicted octanol–water partition coefficient (Wildman–Crippen LogP) is 0.750. The molecule has 0 radical (unpaired) electrons. The topological polar surface area (TPSA) is 55.0 Å². The molecule has 1 aliphatic rings. The number of nitrogens with two attached hydrogens (primary N) is 1. The predicted molar refractivity (Wildman–Crippen MR) is 52.8 cm³/mol. The molecule has 0 unspecified atom stereocenters. The van der Waals surface area contributed by atoms with E-state index in [1.165, 1.54) is 0 Å². The van der Waals surface area contributed by atoms with E-state index in [9.17, 15) is 0 Å². The van der Waals surface area contributed by atoms with Gasteiger partial charge in [0.05, 0.1) is 5.69 Å². The summed E-state index contributed by atoms with van der Waals surface area (Å²) in [4.78, 5) is 10.7. The summed E-state index contributed by atoms with van der Waals surface area (Å²) in [5.74, 6) is 1.39. The van der Waals surface area contributed by atoms with Crippen molar-refractivity contribution in [2.75, 3.05) is 24.2 Å². The van der Waals surface area contributed by atoms with E-state index in [0.717, 1.165) is 36.6 Å². The molecule has 2 heterocycles. The summed E-state index contributed by atoms with van der Waals surface area (Å²) in [7, 11) is 2.03. The maximum atomic E-state index is 5.84. The second-order valence-corrected chi connectivity index (χ2v) is 3.48. The summed E-state index contributed by atoms with van der Waals surface area (Å²) in [6, 6.07) is 0. The summed E-state index contributed by atoms with van der Waals surface area (Å²) in [6.07, 6.45) is 2.17. The Morgan fingerprint density at radius 1 is 1.38 bits per heavy atom. The Balaban J connectivity index is 2.56. The molecule has 1 aromatic rings. The highest BCUT2D eigenvalue weighted by Gasteiger charge is 2.18. The number of hydrogen-bond acceptors (Lipinski definition) is 4. The molecule has 1 aromatic heterocycles. The number of nitrogens with zero attached hydrogens (tertiary/aromatic N) is 3. The summed E-state index contributed by atoms with van der Waals surface area (Å²) in [5.41, 5.74) is 7.96. The van der Waals surface area contributed by atoms with Crippen LogP contribution in [0.3, 0.4) is 0 Å². The van der Waals surface area contributed by atoms with Crippen LogP contribution in [0.1, 0.15) is 17.9 Å². The van der Waals surface area contributed by atoms with Crippen LogP contribution in [-0.4, -0.2) is 23.6 Å². The molecule has 13 heavy (non-hydrogen) atoms. The highest BCUT2D eigenvalue weighted by atomic mass is 15.2. The van der Waals surface area contributed by atoms with Crippen molar-refractivity contribution < 1.29 is 0 Å². The van der Waals surface area contributed by atoms with Gasteiger partial charge in [-0.3, -0.25) is 0 Å². The SMILES string of the molecule is Cc1nc(N)c2c(n1)CCCN2C. The molecular weight excluding hydrogens is 164 g/mol. The molecule has 0 fully saturated rings. The van der Waals surface area contributed by atoms with Gasteiger partial charge in [0.2, 0.25) is 0 Å². The molecule has 0 atom stereocenters. The van der Waals surface area contributed by atoms with E-state index in [1.807, 2.05) is 14.0 Å². The van der Waals surface area contributed by atoms with Crippen molar-refractivity contribution in [3.05, 3.63) is 11.5 Å². The number of aromatic nitrogens is 2. The second kappa shape index (κ2) is 2.87. The van der Waals surface area contributed by atoms with Crippen LogP contribution in [0.2, 0.25) is 0 Å². The van der Waals surface area contributed by atoms with Gasteiger partial charge in [0.15, 0.2) is 5.82 Å². The third-order valence-electron chi connectivity index (χ3n) is 2.38. The lowest BCUT2D eigenvalue weighted by molar-refractivity contribution is 0.716. The van der Waals surface area contributed by atoms with Gasteiger partial charge in [-0.2, -0.15) is 0 Å². The van der Waals surface area contributed by atoms with Crippen LogP contribution in [0, 0.1) is 6.92 Å². The van der Waals surface area contributed by atoms with Crippen LogP contribution in [0.5, 0.6) is 0 Å². The Morgan fingerprint density at radius 2 is 2.15 bits per heavy atom. The molecule has 0 spiro atoms. The van der Waals surface area contributed by atoms with Crippen LogP contribution in [0.15, 0.2) is 0 Å². The quantitative estimate of drug-likeness (QED) is 0.637. The van der Waals surface area contributed by atoms with Gasteiger partial charge in [0, 0.05) is 13.6 Å².